The van der Waals surface area contributed by atoms with Crippen molar-refractivity contribution in [2.24, 2.45) is 5.73 Å². The zero-order valence-electron chi connectivity index (χ0n) is 9.81. The van der Waals surface area contributed by atoms with Crippen LogP contribution >= 0.6 is 0 Å². The summed E-state index contributed by atoms with van der Waals surface area (Å²) in [5, 5.41) is 14.0. The molecule has 0 fully saturated rings. The molecular formula is C11H17N3O3. The average molecular weight is 239 g/mol. The Labute approximate surface area is 99.9 Å². The smallest absolute Gasteiger partial charge is 0.333 e. The van der Waals surface area contributed by atoms with Gasteiger partial charge in [0.15, 0.2) is 5.75 Å². The second kappa shape index (κ2) is 6.70. The highest BCUT2D eigenvalue weighted by molar-refractivity contribution is 5.68. The summed E-state index contributed by atoms with van der Waals surface area (Å²) in [6.07, 6.45) is 1.77. The van der Waals surface area contributed by atoms with Crippen LogP contribution in [0.1, 0.15) is 12.8 Å². The Kier molecular flexibility index (Phi) is 5.22. The molecule has 6 nitrogen and oxygen atoms in total. The maximum absolute atomic E-state index is 11.0. The predicted molar refractivity (Wildman–Crippen MR) is 66.4 cm³/mol. The van der Waals surface area contributed by atoms with Gasteiger partial charge < -0.3 is 15.8 Å². The minimum atomic E-state index is -0.440. The summed E-state index contributed by atoms with van der Waals surface area (Å²) in [5.74, 6) is 0.263. The fourth-order valence-electron chi connectivity index (χ4n) is 1.51. The van der Waals surface area contributed by atoms with Gasteiger partial charge in [-0.2, -0.15) is 0 Å². The van der Waals surface area contributed by atoms with Crippen molar-refractivity contribution in [1.29, 1.82) is 0 Å². The van der Waals surface area contributed by atoms with Crippen molar-refractivity contribution >= 4 is 11.4 Å². The molecule has 0 aliphatic rings. The Hall–Kier alpha value is -1.82. The molecule has 1 rings (SSSR count). The SMILES string of the molecule is COc1cccc(NCCCCN)c1[N+](=O)[O-]. The molecule has 0 aromatic heterocycles. The molecule has 17 heavy (non-hydrogen) atoms. The average Bonchev–Trinajstić information content (AvgIpc) is 2.33. The molecule has 0 radical (unpaired) electrons. The number of nitrogens with zero attached hydrogens (tertiary/aromatic N) is 1. The Bertz CT molecular complexity index is 382. The summed E-state index contributed by atoms with van der Waals surface area (Å²) in [4.78, 5) is 10.5. The Morgan fingerprint density at radius 2 is 2.24 bits per heavy atom. The lowest BCUT2D eigenvalue weighted by atomic mass is 10.2. The number of nitro groups is 1. The van der Waals surface area contributed by atoms with Crippen molar-refractivity contribution in [1.82, 2.24) is 0 Å². The molecular weight excluding hydrogens is 222 g/mol. The normalized spacial score (nSPS) is 10.0. The van der Waals surface area contributed by atoms with Crippen molar-refractivity contribution in [2.45, 2.75) is 12.8 Å². The second-order valence-corrected chi connectivity index (χ2v) is 3.54. The molecule has 0 bridgehead atoms. The van der Waals surface area contributed by atoms with E-state index < -0.39 is 4.92 Å². The first-order valence-corrected chi connectivity index (χ1v) is 5.46. The number of anilines is 1. The number of benzene rings is 1. The minimum Gasteiger partial charge on any atom is -0.490 e. The molecule has 0 atom stereocenters. The Morgan fingerprint density at radius 3 is 2.82 bits per heavy atom. The first-order chi connectivity index (χ1) is 8.20. The van der Waals surface area contributed by atoms with E-state index in [9.17, 15) is 10.1 Å². The van der Waals surface area contributed by atoms with E-state index >= 15 is 0 Å². The summed E-state index contributed by atoms with van der Waals surface area (Å²) < 4.78 is 4.97. The number of ether oxygens (including phenoxy) is 1. The molecule has 0 amide bonds. The molecule has 0 spiro atoms. The highest BCUT2D eigenvalue weighted by Gasteiger charge is 2.19. The van der Waals surface area contributed by atoms with Gasteiger partial charge in [0.25, 0.3) is 0 Å². The van der Waals surface area contributed by atoms with Crippen molar-refractivity contribution in [3.05, 3.63) is 28.3 Å². The standard InChI is InChI=1S/C11H17N3O3/c1-17-10-6-4-5-9(11(10)14(15)16)13-8-3-2-7-12/h4-6,13H,2-3,7-8,12H2,1H3. The van der Waals surface area contributed by atoms with E-state index in [0.29, 0.717) is 18.8 Å². The Balaban J connectivity index is 2.79. The fourth-order valence-corrected chi connectivity index (χ4v) is 1.51. The van der Waals surface area contributed by atoms with Gasteiger partial charge in [-0.3, -0.25) is 10.1 Å². The van der Waals surface area contributed by atoms with Gasteiger partial charge in [0.1, 0.15) is 5.69 Å². The summed E-state index contributed by atoms with van der Waals surface area (Å²) >= 11 is 0. The van der Waals surface area contributed by atoms with Crippen LogP contribution in [-0.4, -0.2) is 25.1 Å². The van der Waals surface area contributed by atoms with Crippen molar-refractivity contribution in [3.8, 4) is 5.75 Å². The van der Waals surface area contributed by atoms with E-state index in [1.165, 1.54) is 7.11 Å². The van der Waals surface area contributed by atoms with Gasteiger partial charge in [0.05, 0.1) is 12.0 Å². The van der Waals surface area contributed by atoms with Gasteiger partial charge in [0, 0.05) is 6.54 Å². The first-order valence-electron chi connectivity index (χ1n) is 5.46. The monoisotopic (exact) mass is 239 g/mol. The molecule has 6 heteroatoms. The lowest BCUT2D eigenvalue weighted by Crippen LogP contribution is -2.07. The van der Waals surface area contributed by atoms with Gasteiger partial charge in [0.2, 0.25) is 0 Å². The number of hydrogen-bond acceptors (Lipinski definition) is 5. The molecule has 0 aliphatic carbocycles. The van der Waals surface area contributed by atoms with E-state index in [0.717, 1.165) is 12.8 Å². The third-order valence-electron chi connectivity index (χ3n) is 2.35. The molecule has 3 N–H and O–H groups in total. The second-order valence-electron chi connectivity index (χ2n) is 3.54. The highest BCUT2D eigenvalue weighted by Crippen LogP contribution is 2.34. The number of methoxy groups -OCH3 is 1. The number of para-hydroxylation sites is 1. The summed E-state index contributed by atoms with van der Waals surface area (Å²) in [7, 11) is 1.42. The molecule has 0 aliphatic heterocycles. The number of nitrogens with one attached hydrogen (secondary N) is 1. The lowest BCUT2D eigenvalue weighted by Gasteiger charge is -2.09. The van der Waals surface area contributed by atoms with Crippen molar-refractivity contribution in [2.75, 3.05) is 25.5 Å². The Morgan fingerprint density at radius 1 is 1.47 bits per heavy atom. The van der Waals surface area contributed by atoms with Crippen LogP contribution in [0.4, 0.5) is 11.4 Å². The van der Waals surface area contributed by atoms with E-state index in [1.807, 2.05) is 0 Å². The number of unbranched alkanes of at least 4 members (excludes halogenated alkanes) is 1. The van der Waals surface area contributed by atoms with Crippen LogP contribution in [0.3, 0.4) is 0 Å². The van der Waals surface area contributed by atoms with Crippen LogP contribution in [-0.2, 0) is 0 Å². The van der Waals surface area contributed by atoms with Crippen LogP contribution in [0.5, 0.6) is 5.75 Å². The third kappa shape index (κ3) is 3.60. The molecule has 0 heterocycles. The topological polar surface area (TPSA) is 90.4 Å². The van der Waals surface area contributed by atoms with E-state index in [1.54, 1.807) is 18.2 Å². The maximum atomic E-state index is 11.0. The van der Waals surface area contributed by atoms with Gasteiger partial charge in [-0.05, 0) is 31.5 Å². The summed E-state index contributed by atoms with van der Waals surface area (Å²) in [6.45, 7) is 1.28. The fraction of sp³-hybridized carbons (Fsp3) is 0.455. The molecule has 1 aromatic carbocycles. The van der Waals surface area contributed by atoms with E-state index in [-0.39, 0.29) is 11.4 Å². The van der Waals surface area contributed by atoms with E-state index in [4.69, 9.17) is 10.5 Å². The largest absolute Gasteiger partial charge is 0.490 e. The number of nitro benzene ring substituents is 1. The molecule has 1 aromatic rings. The number of nitrogens with two attached hydrogens (primary N) is 1. The summed E-state index contributed by atoms with van der Waals surface area (Å²) in [5.41, 5.74) is 5.83. The third-order valence-corrected chi connectivity index (χ3v) is 2.35. The van der Waals surface area contributed by atoms with Gasteiger partial charge in [-0.15, -0.1) is 0 Å². The zero-order valence-corrected chi connectivity index (χ0v) is 9.81. The first kappa shape index (κ1) is 13.2. The number of rotatable bonds is 7. The molecule has 0 saturated heterocycles. The molecule has 0 unspecified atom stereocenters. The molecule has 0 saturated carbocycles. The van der Waals surface area contributed by atoms with Crippen LogP contribution in [0.25, 0.3) is 0 Å². The zero-order chi connectivity index (χ0) is 12.7. The maximum Gasteiger partial charge on any atom is 0.333 e. The van der Waals surface area contributed by atoms with Crippen LogP contribution in [0.2, 0.25) is 0 Å². The van der Waals surface area contributed by atoms with Crippen molar-refractivity contribution < 1.29 is 9.66 Å². The van der Waals surface area contributed by atoms with E-state index in [2.05, 4.69) is 5.32 Å². The van der Waals surface area contributed by atoms with Gasteiger partial charge in [-0.1, -0.05) is 6.07 Å². The van der Waals surface area contributed by atoms with Crippen LogP contribution in [0, 0.1) is 10.1 Å². The molecule has 94 valence electrons. The quantitative estimate of drug-likeness (QED) is 0.430. The van der Waals surface area contributed by atoms with Crippen molar-refractivity contribution in [3.63, 3.8) is 0 Å². The van der Waals surface area contributed by atoms with Crippen LogP contribution in [0.15, 0.2) is 18.2 Å². The predicted octanol–water partition coefficient (Wildman–Crippen LogP) is 1.75. The minimum absolute atomic E-state index is 0.0252. The highest BCUT2D eigenvalue weighted by atomic mass is 16.6. The lowest BCUT2D eigenvalue weighted by molar-refractivity contribution is -0.384. The summed E-state index contributed by atoms with van der Waals surface area (Å²) in [6, 6.07) is 4.96. The van der Waals surface area contributed by atoms with Gasteiger partial charge in [-0.25, -0.2) is 0 Å². The number of hydrogen-bond donors (Lipinski definition) is 2. The van der Waals surface area contributed by atoms with Gasteiger partial charge >= 0.3 is 5.69 Å². The van der Waals surface area contributed by atoms with Crippen LogP contribution < -0.4 is 15.8 Å².